The summed E-state index contributed by atoms with van der Waals surface area (Å²) in [5.41, 5.74) is 0.365. The van der Waals surface area contributed by atoms with Gasteiger partial charge in [0.05, 0.1) is 12.1 Å². The molecule has 0 spiro atoms. The minimum absolute atomic E-state index is 0.116. The first-order valence-corrected chi connectivity index (χ1v) is 6.66. The molecule has 1 saturated carbocycles. The van der Waals surface area contributed by atoms with E-state index in [1.807, 2.05) is 0 Å². The Morgan fingerprint density at radius 3 is 3.00 bits per heavy atom. The zero-order valence-corrected chi connectivity index (χ0v) is 10.7. The van der Waals surface area contributed by atoms with E-state index in [0.29, 0.717) is 16.6 Å². The van der Waals surface area contributed by atoms with E-state index in [2.05, 4.69) is 10.3 Å². The second-order valence-electron chi connectivity index (χ2n) is 4.90. The number of pyridine rings is 1. The van der Waals surface area contributed by atoms with Gasteiger partial charge >= 0.3 is 0 Å². The Kier molecular flexibility index (Phi) is 3.22. The van der Waals surface area contributed by atoms with Crippen molar-refractivity contribution in [2.45, 2.75) is 31.4 Å². The number of carbonyl (C=O) groups is 1. The molecule has 96 valence electrons. The minimum atomic E-state index is -0.168. The number of amides is 1. The smallest absolute Gasteiger partial charge is 0.270 e. The first-order chi connectivity index (χ1) is 8.74. The number of halogens is 1. The fourth-order valence-corrected chi connectivity index (χ4v) is 2.59. The SMILES string of the molecule is O=C(NC1CCOC1C1CC1)c1cc(Cl)ccn1. The molecule has 2 atom stereocenters. The molecule has 2 fully saturated rings. The van der Waals surface area contributed by atoms with Gasteiger partial charge in [-0.25, -0.2) is 0 Å². The molecule has 1 aromatic heterocycles. The van der Waals surface area contributed by atoms with Crippen LogP contribution in [-0.4, -0.2) is 29.6 Å². The Balaban J connectivity index is 1.66. The summed E-state index contributed by atoms with van der Waals surface area (Å²) in [6, 6.07) is 3.36. The standard InChI is InChI=1S/C13H15ClN2O2/c14-9-3-5-15-11(7-9)13(17)16-10-4-6-18-12(10)8-1-2-8/h3,5,7-8,10,12H,1-2,4,6H2,(H,16,17). The zero-order valence-electron chi connectivity index (χ0n) is 9.93. The van der Waals surface area contributed by atoms with Crippen molar-refractivity contribution in [1.82, 2.24) is 10.3 Å². The number of nitrogens with zero attached hydrogens (tertiary/aromatic N) is 1. The van der Waals surface area contributed by atoms with E-state index < -0.39 is 0 Å². The zero-order chi connectivity index (χ0) is 12.5. The maximum atomic E-state index is 12.1. The second-order valence-corrected chi connectivity index (χ2v) is 5.34. The summed E-state index contributed by atoms with van der Waals surface area (Å²) in [5.74, 6) is 0.462. The summed E-state index contributed by atoms with van der Waals surface area (Å²) in [4.78, 5) is 16.1. The second kappa shape index (κ2) is 4.86. The van der Waals surface area contributed by atoms with Crippen LogP contribution in [0.4, 0.5) is 0 Å². The minimum Gasteiger partial charge on any atom is -0.376 e. The predicted octanol–water partition coefficient (Wildman–Crippen LogP) is 2.03. The number of ether oxygens (including phenoxy) is 1. The largest absolute Gasteiger partial charge is 0.376 e. The van der Waals surface area contributed by atoms with Crippen LogP contribution < -0.4 is 5.32 Å². The lowest BCUT2D eigenvalue weighted by Gasteiger charge is -2.19. The van der Waals surface area contributed by atoms with Crippen LogP contribution in [0.1, 0.15) is 29.8 Å². The molecule has 5 heteroatoms. The van der Waals surface area contributed by atoms with Gasteiger partial charge in [-0.2, -0.15) is 0 Å². The van der Waals surface area contributed by atoms with Crippen LogP contribution in [-0.2, 0) is 4.74 Å². The average molecular weight is 267 g/mol. The molecule has 2 heterocycles. The Hall–Kier alpha value is -1.13. The molecule has 0 aromatic carbocycles. The molecule has 1 amide bonds. The lowest BCUT2D eigenvalue weighted by atomic mass is 10.1. The summed E-state index contributed by atoms with van der Waals surface area (Å²) in [5, 5.41) is 3.53. The summed E-state index contributed by atoms with van der Waals surface area (Å²) in [6.07, 6.45) is 5.04. The first kappa shape index (κ1) is 11.9. The Morgan fingerprint density at radius 2 is 2.28 bits per heavy atom. The van der Waals surface area contributed by atoms with Crippen molar-refractivity contribution in [1.29, 1.82) is 0 Å². The predicted molar refractivity (Wildman–Crippen MR) is 67.6 cm³/mol. The van der Waals surface area contributed by atoms with E-state index in [1.165, 1.54) is 12.8 Å². The van der Waals surface area contributed by atoms with Gasteiger partial charge in [-0.3, -0.25) is 9.78 Å². The molecule has 2 unspecified atom stereocenters. The monoisotopic (exact) mass is 266 g/mol. The van der Waals surface area contributed by atoms with Crippen molar-refractivity contribution < 1.29 is 9.53 Å². The van der Waals surface area contributed by atoms with E-state index in [9.17, 15) is 4.79 Å². The molecule has 4 nitrogen and oxygen atoms in total. The van der Waals surface area contributed by atoms with Gasteiger partial charge in [0.1, 0.15) is 5.69 Å². The average Bonchev–Trinajstić information content (AvgIpc) is 3.10. The summed E-state index contributed by atoms with van der Waals surface area (Å²) < 4.78 is 5.69. The molecule has 2 aliphatic rings. The van der Waals surface area contributed by atoms with Crippen molar-refractivity contribution in [3.05, 3.63) is 29.0 Å². The summed E-state index contributed by atoms with van der Waals surface area (Å²) in [6.45, 7) is 0.731. The maximum Gasteiger partial charge on any atom is 0.270 e. The third-order valence-corrected chi connectivity index (χ3v) is 3.73. The molecule has 0 bridgehead atoms. The third kappa shape index (κ3) is 2.49. The number of nitrogens with one attached hydrogen (secondary N) is 1. The van der Waals surface area contributed by atoms with Crippen LogP contribution in [0.15, 0.2) is 18.3 Å². The molecule has 3 rings (SSSR count). The van der Waals surface area contributed by atoms with Gasteiger partial charge in [0.15, 0.2) is 0 Å². The van der Waals surface area contributed by atoms with Crippen LogP contribution in [0.5, 0.6) is 0 Å². The lowest BCUT2D eigenvalue weighted by Crippen LogP contribution is -2.41. The van der Waals surface area contributed by atoms with Crippen molar-refractivity contribution in [3.8, 4) is 0 Å². The van der Waals surface area contributed by atoms with E-state index >= 15 is 0 Å². The number of rotatable bonds is 3. The van der Waals surface area contributed by atoms with Crippen molar-refractivity contribution >= 4 is 17.5 Å². The molecule has 1 saturated heterocycles. The highest BCUT2D eigenvalue weighted by Gasteiger charge is 2.41. The van der Waals surface area contributed by atoms with Gasteiger partial charge in [0.2, 0.25) is 0 Å². The van der Waals surface area contributed by atoms with Crippen molar-refractivity contribution in [2.75, 3.05) is 6.61 Å². The third-order valence-electron chi connectivity index (χ3n) is 3.49. The molecule has 1 N–H and O–H groups in total. The molecule has 0 radical (unpaired) electrons. The number of aromatic nitrogens is 1. The molecular weight excluding hydrogens is 252 g/mol. The molecule has 1 aromatic rings. The Bertz CT molecular complexity index is 462. The van der Waals surface area contributed by atoms with Crippen LogP contribution in [0.3, 0.4) is 0 Å². The van der Waals surface area contributed by atoms with Gasteiger partial charge in [-0.15, -0.1) is 0 Å². The van der Waals surface area contributed by atoms with Gasteiger partial charge in [-0.05, 0) is 37.3 Å². The highest BCUT2D eigenvalue weighted by atomic mass is 35.5. The highest BCUT2D eigenvalue weighted by Crippen LogP contribution is 2.38. The maximum absolute atomic E-state index is 12.1. The Labute approximate surface area is 111 Å². The van der Waals surface area contributed by atoms with Crippen LogP contribution in [0, 0.1) is 5.92 Å². The topological polar surface area (TPSA) is 51.2 Å². The van der Waals surface area contributed by atoms with E-state index in [0.717, 1.165) is 13.0 Å². The van der Waals surface area contributed by atoms with E-state index in [1.54, 1.807) is 18.3 Å². The van der Waals surface area contributed by atoms with Crippen molar-refractivity contribution in [3.63, 3.8) is 0 Å². The Morgan fingerprint density at radius 1 is 1.44 bits per heavy atom. The normalized spacial score (nSPS) is 27.2. The van der Waals surface area contributed by atoms with Gasteiger partial charge in [0.25, 0.3) is 5.91 Å². The van der Waals surface area contributed by atoms with Crippen LogP contribution in [0.2, 0.25) is 5.02 Å². The fraction of sp³-hybridized carbons (Fsp3) is 0.538. The van der Waals surface area contributed by atoms with Crippen molar-refractivity contribution in [2.24, 2.45) is 5.92 Å². The molecule has 1 aliphatic heterocycles. The van der Waals surface area contributed by atoms with Gasteiger partial charge in [0, 0.05) is 17.8 Å². The number of hydrogen-bond donors (Lipinski definition) is 1. The molecular formula is C13H15ClN2O2. The fourth-order valence-electron chi connectivity index (χ4n) is 2.43. The van der Waals surface area contributed by atoms with E-state index in [-0.39, 0.29) is 18.1 Å². The summed E-state index contributed by atoms with van der Waals surface area (Å²) >= 11 is 5.85. The van der Waals surface area contributed by atoms with Gasteiger partial charge < -0.3 is 10.1 Å². The molecule has 1 aliphatic carbocycles. The molecule has 18 heavy (non-hydrogen) atoms. The van der Waals surface area contributed by atoms with Crippen LogP contribution >= 0.6 is 11.6 Å². The number of hydrogen-bond acceptors (Lipinski definition) is 3. The van der Waals surface area contributed by atoms with Crippen LogP contribution in [0.25, 0.3) is 0 Å². The van der Waals surface area contributed by atoms with E-state index in [4.69, 9.17) is 16.3 Å². The highest BCUT2D eigenvalue weighted by molar-refractivity contribution is 6.30. The first-order valence-electron chi connectivity index (χ1n) is 6.28. The quantitative estimate of drug-likeness (QED) is 0.911. The number of carbonyl (C=O) groups excluding carboxylic acids is 1. The summed E-state index contributed by atoms with van der Waals surface area (Å²) in [7, 11) is 0. The van der Waals surface area contributed by atoms with Gasteiger partial charge in [-0.1, -0.05) is 11.6 Å². The lowest BCUT2D eigenvalue weighted by molar-refractivity contribution is 0.0727.